The van der Waals surface area contributed by atoms with Gasteiger partial charge in [-0.2, -0.15) is 0 Å². The van der Waals surface area contributed by atoms with Crippen molar-refractivity contribution in [1.29, 1.82) is 0 Å². The number of nitrogens with two attached hydrogens (primary N) is 2. The first-order valence-electron chi connectivity index (χ1n) is 30.2. The minimum atomic E-state index is -1.77. The number of aliphatic hydroxyl groups excluding tert-OH is 1. The van der Waals surface area contributed by atoms with E-state index in [2.05, 4.69) is 58.2 Å². The van der Waals surface area contributed by atoms with Crippen LogP contribution in [0.5, 0.6) is 5.75 Å². The third kappa shape index (κ3) is 21.8. The van der Waals surface area contributed by atoms with Crippen molar-refractivity contribution in [3.05, 3.63) is 167 Å². The summed E-state index contributed by atoms with van der Waals surface area (Å²) in [5.74, 6) is -9.71. The highest BCUT2D eigenvalue weighted by Crippen LogP contribution is 2.25. The number of phenolic OH excluding ortho intramolecular Hbond substituents is 1. The number of carbonyl (C=O) groups excluding carboxylic acids is 9. The van der Waals surface area contributed by atoms with E-state index in [1.807, 2.05) is 18.2 Å². The number of carbonyl (C=O) groups is 10. The lowest BCUT2D eigenvalue weighted by atomic mass is 10.00. The number of aliphatic carboxylic acids is 1. The molecule has 18 N–H and O–H groups in total. The molecular formula is C65H79N13O13S2. The van der Waals surface area contributed by atoms with Gasteiger partial charge in [0.1, 0.15) is 60.1 Å². The number of carboxylic acids is 1. The number of H-pyrrole nitrogens is 1. The maximum Gasteiger partial charge on any atom is 0.327 e. The minimum Gasteiger partial charge on any atom is -0.508 e. The number of hydrogen-bond donors (Lipinski definition) is 16. The van der Waals surface area contributed by atoms with Crippen LogP contribution >= 0.6 is 21.6 Å². The van der Waals surface area contributed by atoms with Crippen molar-refractivity contribution in [3.8, 4) is 5.75 Å². The van der Waals surface area contributed by atoms with Crippen LogP contribution in [0.2, 0.25) is 0 Å². The van der Waals surface area contributed by atoms with E-state index < -0.39 is 120 Å². The van der Waals surface area contributed by atoms with Crippen LogP contribution in [0.1, 0.15) is 54.0 Å². The number of rotatable bonds is 20. The normalized spacial score (nSPS) is 21.6. The highest BCUT2D eigenvalue weighted by Gasteiger charge is 2.37. The molecule has 0 saturated carbocycles. The van der Waals surface area contributed by atoms with Gasteiger partial charge in [-0.1, -0.05) is 125 Å². The van der Waals surface area contributed by atoms with Crippen molar-refractivity contribution in [2.45, 2.75) is 119 Å². The van der Waals surface area contributed by atoms with Gasteiger partial charge in [0.15, 0.2) is 0 Å². The number of fused-ring (bicyclic) bond motifs is 1. The van der Waals surface area contributed by atoms with Gasteiger partial charge in [0.05, 0.1) is 6.10 Å². The van der Waals surface area contributed by atoms with Crippen LogP contribution in [0.25, 0.3) is 10.9 Å². The fraction of sp³-hybridized carbons (Fsp3) is 0.354. The number of aromatic nitrogens is 1. The van der Waals surface area contributed by atoms with Crippen molar-refractivity contribution in [3.63, 3.8) is 0 Å². The average Bonchev–Trinajstić information content (AvgIpc) is 2.36. The van der Waals surface area contributed by atoms with Gasteiger partial charge in [-0.05, 0) is 90.9 Å². The Morgan fingerprint density at radius 2 is 1.08 bits per heavy atom. The Hall–Kier alpha value is -9.64. The molecule has 1 aromatic heterocycles. The molecule has 0 aliphatic carbocycles. The molecule has 0 bridgehead atoms. The van der Waals surface area contributed by atoms with Crippen LogP contribution in [-0.2, 0) is 75.3 Å². The maximum absolute atomic E-state index is 15.3. The first-order valence-corrected chi connectivity index (χ1v) is 32.7. The van der Waals surface area contributed by atoms with Crippen molar-refractivity contribution < 1.29 is 63.3 Å². The third-order valence-corrected chi connectivity index (χ3v) is 17.8. The molecule has 10 atom stereocenters. The summed E-state index contributed by atoms with van der Waals surface area (Å²) in [4.78, 5) is 147. The molecule has 0 unspecified atom stereocenters. The Morgan fingerprint density at radius 3 is 1.63 bits per heavy atom. The van der Waals surface area contributed by atoms with Gasteiger partial charge in [0.25, 0.3) is 0 Å². The van der Waals surface area contributed by atoms with Gasteiger partial charge in [0, 0.05) is 73.4 Å². The number of hydrogen-bond acceptors (Lipinski definition) is 16. The number of carboxylic acid groups (broad SMARTS) is 1. The lowest BCUT2D eigenvalue weighted by Crippen LogP contribution is -2.62. The lowest BCUT2D eigenvalue weighted by molar-refractivity contribution is -0.141. The number of unbranched alkanes of at least 4 members (excludes halogenated alkanes) is 1. The molecule has 1 fully saturated rings. The molecular weight excluding hydrogens is 1230 g/mol. The number of aromatic hydroxyl groups is 1. The zero-order valence-corrected chi connectivity index (χ0v) is 52.9. The second kappa shape index (κ2) is 35.3. The van der Waals surface area contributed by atoms with Crippen molar-refractivity contribution in [2.75, 3.05) is 30.4 Å². The smallest absolute Gasteiger partial charge is 0.327 e. The van der Waals surface area contributed by atoms with Crippen LogP contribution in [0.15, 0.2) is 140 Å². The topological polar surface area (TPSA) is 420 Å². The summed E-state index contributed by atoms with van der Waals surface area (Å²) >= 11 is 0. The molecule has 1 saturated heterocycles. The van der Waals surface area contributed by atoms with Gasteiger partial charge in [-0.15, -0.1) is 0 Å². The van der Waals surface area contributed by atoms with Crippen molar-refractivity contribution in [1.82, 2.24) is 52.8 Å². The summed E-state index contributed by atoms with van der Waals surface area (Å²) < 4.78 is 0. The number of urea groups is 1. The maximum atomic E-state index is 15.3. The number of anilines is 1. The van der Waals surface area contributed by atoms with Crippen molar-refractivity contribution >= 4 is 97.4 Å². The first-order chi connectivity index (χ1) is 44.7. The molecule has 5 aromatic carbocycles. The summed E-state index contributed by atoms with van der Waals surface area (Å²) in [5, 5.41) is 59.3. The van der Waals surface area contributed by atoms with Gasteiger partial charge in [0.2, 0.25) is 47.3 Å². The van der Waals surface area contributed by atoms with E-state index in [1.54, 1.807) is 104 Å². The van der Waals surface area contributed by atoms with E-state index in [1.165, 1.54) is 31.2 Å². The molecule has 1 aliphatic heterocycles. The zero-order chi connectivity index (χ0) is 67.0. The zero-order valence-electron chi connectivity index (χ0n) is 51.2. The molecule has 2 heterocycles. The van der Waals surface area contributed by atoms with Crippen molar-refractivity contribution in [2.24, 2.45) is 11.5 Å². The summed E-state index contributed by atoms with van der Waals surface area (Å²) in [7, 11) is 3.50. The minimum absolute atomic E-state index is 0.0480. The number of benzene rings is 5. The van der Waals surface area contributed by atoms with E-state index in [9.17, 15) is 44.1 Å². The number of nitrogens with one attached hydrogen (secondary N) is 11. The fourth-order valence-electron chi connectivity index (χ4n) is 10.3. The van der Waals surface area contributed by atoms with Gasteiger partial charge >= 0.3 is 12.0 Å². The molecule has 0 spiro atoms. The Labute approximate surface area is 544 Å². The summed E-state index contributed by atoms with van der Waals surface area (Å²) in [6.45, 7) is 1.44. The Morgan fingerprint density at radius 1 is 0.581 bits per heavy atom. The number of phenols is 1. The second-order valence-electron chi connectivity index (χ2n) is 22.4. The molecule has 93 heavy (non-hydrogen) atoms. The lowest BCUT2D eigenvalue weighted by Gasteiger charge is -2.29. The second-order valence-corrected chi connectivity index (χ2v) is 24.9. The number of aliphatic hydroxyl groups is 1. The Kier molecular flexibility index (Phi) is 26.8. The van der Waals surface area contributed by atoms with Crippen LogP contribution in [0, 0.1) is 0 Å². The average molecular weight is 1310 g/mol. The SMILES string of the molecule is CNc1ccc(C[C@@H]2NC(=O)[C@@H](Cc3ccccc3)NC(=O)[C@H](NC(=O)[C@@H](Cc3ccc(O)cc3)NC(N)=O)CSSC[C@@H](C(=O)O)NC(=O)[C@H](Cc3ccccc3)NC(=O)[C@@H]([C@@H](C)O)NC(=O)[C@H](CCCCN)NC(=O)[C@H](Cc3c[nH]c4ccccc34)NC2=O)cc1. The largest absolute Gasteiger partial charge is 0.508 e. The van der Waals surface area contributed by atoms with Crippen LogP contribution in [0.4, 0.5) is 10.5 Å². The highest BCUT2D eigenvalue weighted by molar-refractivity contribution is 8.76. The van der Waals surface area contributed by atoms with Gasteiger partial charge in [-0.25, -0.2) is 9.59 Å². The number of amides is 10. The molecule has 28 heteroatoms. The quantitative estimate of drug-likeness (QED) is 0.0379. The van der Waals surface area contributed by atoms with E-state index in [-0.39, 0.29) is 68.7 Å². The number of para-hydroxylation sites is 1. The van der Waals surface area contributed by atoms with Crippen LogP contribution in [-0.4, -0.2) is 165 Å². The Bertz CT molecular complexity index is 3530. The molecule has 7 rings (SSSR count). The molecule has 6 aromatic rings. The fourth-order valence-corrected chi connectivity index (χ4v) is 12.6. The number of primary amides is 1. The van der Waals surface area contributed by atoms with E-state index >= 15 is 19.2 Å². The van der Waals surface area contributed by atoms with E-state index in [0.29, 0.717) is 45.1 Å². The van der Waals surface area contributed by atoms with E-state index in [0.717, 1.165) is 27.3 Å². The molecule has 10 amide bonds. The van der Waals surface area contributed by atoms with Crippen LogP contribution < -0.4 is 64.6 Å². The standard InChI is InChI=1S/C65H79N13O13S2/c1-37(79)55-63(88)74-50(30-39-15-7-4-8-16-39)59(84)76-54(64(89)90)36-93-92-35-53(75-60(85)51(77-65(67)91)32-41-22-26-44(80)27-23-41)62(87)72-48(29-38-13-5-3-6-14-38)57(82)71-49(31-40-20-24-43(68-2)25-21-40)58(83)73-52(33-42-34-69-46-18-10-9-17-45(42)46)61(86)70-47(56(81)78-55)19-11-12-28-66/h3-10,13-18,20-27,34,37,47-55,68-69,79-80H,11-12,19,28-33,35-36,66H2,1-2H3,(H,70,86)(H,71,82)(H,72,87)(H,73,83)(H,74,88)(H,75,85)(H,76,84)(H,78,81)(H,89,90)(H3,67,77,91)/t37-,47+,48-,49+,50+,51-,52+,53-,54+,55-/m1/s1. The van der Waals surface area contributed by atoms with Gasteiger partial charge in [-0.3, -0.25) is 38.4 Å². The molecule has 0 radical (unpaired) electrons. The Balaban J connectivity index is 1.32. The third-order valence-electron chi connectivity index (χ3n) is 15.3. The molecule has 1 aliphatic rings. The monoisotopic (exact) mass is 1310 g/mol. The van der Waals surface area contributed by atoms with Crippen LogP contribution in [0.3, 0.4) is 0 Å². The number of aromatic amines is 1. The van der Waals surface area contributed by atoms with E-state index in [4.69, 9.17) is 11.5 Å². The predicted octanol–water partition coefficient (Wildman–Crippen LogP) is 1.33. The molecule has 26 nitrogen and oxygen atoms in total. The summed E-state index contributed by atoms with van der Waals surface area (Å²) in [5.41, 5.74) is 15.6. The molecule has 494 valence electrons. The highest BCUT2D eigenvalue weighted by atomic mass is 33.1. The predicted molar refractivity (Wildman–Crippen MR) is 353 cm³/mol. The first kappa shape index (κ1) is 70.8. The summed E-state index contributed by atoms with van der Waals surface area (Å²) in [6.07, 6.45) is -0.227. The van der Waals surface area contributed by atoms with Gasteiger partial charge < -0.3 is 84.9 Å². The summed E-state index contributed by atoms with van der Waals surface area (Å²) in [6, 6.07) is 22.0.